The molecule has 1 aromatic carbocycles. The molecule has 1 aromatic rings. The summed E-state index contributed by atoms with van der Waals surface area (Å²) in [5.74, 6) is 0.234. The SMILES string of the molecule is CCCC(CCC)N(C(=O)CC(C)(C)C)c1cccc(Br)c1. The molecule has 2 nitrogen and oxygen atoms in total. The van der Waals surface area contributed by atoms with Crippen LogP contribution in [0.2, 0.25) is 0 Å². The predicted molar refractivity (Wildman–Crippen MR) is 99.3 cm³/mol. The van der Waals surface area contributed by atoms with Crippen LogP contribution in [0.1, 0.15) is 66.7 Å². The van der Waals surface area contributed by atoms with Gasteiger partial charge >= 0.3 is 0 Å². The maximum absolute atomic E-state index is 13.0. The van der Waals surface area contributed by atoms with Crippen molar-refractivity contribution in [3.63, 3.8) is 0 Å². The normalized spacial score (nSPS) is 11.8. The van der Waals surface area contributed by atoms with Gasteiger partial charge in [0.25, 0.3) is 0 Å². The third-order valence-electron chi connectivity index (χ3n) is 3.65. The predicted octanol–water partition coefficient (Wildman–Crippen LogP) is 6.19. The summed E-state index contributed by atoms with van der Waals surface area (Å²) < 4.78 is 1.02. The second-order valence-electron chi connectivity index (χ2n) is 7.21. The summed E-state index contributed by atoms with van der Waals surface area (Å²) in [6.07, 6.45) is 4.87. The van der Waals surface area contributed by atoms with Crippen molar-refractivity contribution in [2.75, 3.05) is 4.90 Å². The van der Waals surface area contributed by atoms with E-state index in [2.05, 4.69) is 56.6 Å². The molecule has 0 unspecified atom stereocenters. The van der Waals surface area contributed by atoms with Crippen molar-refractivity contribution < 1.29 is 4.79 Å². The molecule has 0 aromatic heterocycles. The first-order valence-electron chi connectivity index (χ1n) is 8.36. The van der Waals surface area contributed by atoms with Crippen molar-refractivity contribution in [2.45, 2.75) is 72.8 Å². The summed E-state index contributed by atoms with van der Waals surface area (Å²) in [5.41, 5.74) is 1.01. The average molecular weight is 368 g/mol. The van der Waals surface area contributed by atoms with Crippen molar-refractivity contribution in [1.82, 2.24) is 0 Å². The van der Waals surface area contributed by atoms with Crippen molar-refractivity contribution >= 4 is 27.5 Å². The Bertz CT molecular complexity index is 473. The minimum atomic E-state index is 0.00429. The van der Waals surface area contributed by atoms with Crippen LogP contribution in [0.4, 0.5) is 5.69 Å². The Morgan fingerprint density at radius 3 is 2.23 bits per heavy atom. The van der Waals surface area contributed by atoms with E-state index in [9.17, 15) is 4.79 Å². The monoisotopic (exact) mass is 367 g/mol. The fourth-order valence-electron chi connectivity index (χ4n) is 2.79. The molecule has 0 saturated carbocycles. The number of amides is 1. The van der Waals surface area contributed by atoms with Crippen LogP contribution >= 0.6 is 15.9 Å². The Hall–Kier alpha value is -0.830. The number of carbonyl (C=O) groups is 1. The first-order chi connectivity index (χ1) is 10.3. The van der Waals surface area contributed by atoms with Crippen molar-refractivity contribution in [3.05, 3.63) is 28.7 Å². The zero-order chi connectivity index (χ0) is 16.8. The molecule has 0 radical (unpaired) electrons. The van der Waals surface area contributed by atoms with Crippen LogP contribution in [0.25, 0.3) is 0 Å². The second-order valence-corrected chi connectivity index (χ2v) is 8.13. The van der Waals surface area contributed by atoms with Gasteiger partial charge in [0.05, 0.1) is 0 Å². The molecule has 0 fully saturated rings. The highest BCUT2D eigenvalue weighted by Crippen LogP contribution is 2.29. The molecule has 0 atom stereocenters. The minimum Gasteiger partial charge on any atom is -0.309 e. The summed E-state index contributed by atoms with van der Waals surface area (Å²) in [5, 5.41) is 0. The number of rotatable bonds is 7. The van der Waals surface area contributed by atoms with E-state index in [4.69, 9.17) is 0 Å². The number of hydrogen-bond donors (Lipinski definition) is 0. The van der Waals surface area contributed by atoms with E-state index in [1.54, 1.807) is 0 Å². The average Bonchev–Trinajstić information content (AvgIpc) is 2.37. The Balaban J connectivity index is 3.15. The number of anilines is 1. The van der Waals surface area contributed by atoms with Crippen molar-refractivity contribution in [3.8, 4) is 0 Å². The fraction of sp³-hybridized carbons (Fsp3) is 0.632. The molecular formula is C19H30BrNO. The quantitative estimate of drug-likeness (QED) is 0.562. The van der Waals surface area contributed by atoms with E-state index >= 15 is 0 Å². The van der Waals surface area contributed by atoms with Gasteiger partial charge in [-0.15, -0.1) is 0 Å². The lowest BCUT2D eigenvalue weighted by atomic mass is 9.90. The molecule has 0 aliphatic heterocycles. The summed E-state index contributed by atoms with van der Waals surface area (Å²) in [6.45, 7) is 10.8. The molecule has 0 aliphatic carbocycles. The molecule has 22 heavy (non-hydrogen) atoms. The molecule has 124 valence electrons. The maximum Gasteiger partial charge on any atom is 0.227 e. The van der Waals surface area contributed by atoms with Gasteiger partial charge in [0.1, 0.15) is 0 Å². The van der Waals surface area contributed by atoms with Gasteiger partial charge in [0, 0.05) is 22.6 Å². The van der Waals surface area contributed by atoms with Crippen LogP contribution in [0.3, 0.4) is 0 Å². The summed E-state index contributed by atoms with van der Waals surface area (Å²) in [4.78, 5) is 15.0. The van der Waals surface area contributed by atoms with E-state index in [1.807, 2.05) is 23.1 Å². The molecule has 1 amide bonds. The van der Waals surface area contributed by atoms with Gasteiger partial charge in [-0.3, -0.25) is 4.79 Å². The van der Waals surface area contributed by atoms with Crippen LogP contribution in [0.5, 0.6) is 0 Å². The van der Waals surface area contributed by atoms with E-state index in [0.717, 1.165) is 35.8 Å². The summed E-state index contributed by atoms with van der Waals surface area (Å²) in [7, 11) is 0. The Morgan fingerprint density at radius 1 is 1.18 bits per heavy atom. The molecule has 0 saturated heterocycles. The molecule has 0 aliphatic rings. The molecule has 0 N–H and O–H groups in total. The Labute approximate surface area is 144 Å². The highest BCUT2D eigenvalue weighted by atomic mass is 79.9. The zero-order valence-electron chi connectivity index (χ0n) is 14.7. The summed E-state index contributed by atoms with van der Waals surface area (Å²) >= 11 is 3.53. The van der Waals surface area contributed by atoms with Gasteiger partial charge in [-0.1, -0.05) is 69.5 Å². The molecule has 1 rings (SSSR count). The van der Waals surface area contributed by atoms with Crippen LogP contribution in [-0.2, 0) is 4.79 Å². The van der Waals surface area contributed by atoms with Gasteiger partial charge in [-0.2, -0.15) is 0 Å². The number of hydrogen-bond acceptors (Lipinski definition) is 1. The Morgan fingerprint density at radius 2 is 1.77 bits per heavy atom. The third kappa shape index (κ3) is 6.12. The van der Waals surface area contributed by atoms with Crippen LogP contribution < -0.4 is 4.90 Å². The molecule has 0 bridgehead atoms. The van der Waals surface area contributed by atoms with Gasteiger partial charge in [0.2, 0.25) is 5.91 Å². The fourth-order valence-corrected chi connectivity index (χ4v) is 3.18. The lowest BCUT2D eigenvalue weighted by molar-refractivity contribution is -0.120. The lowest BCUT2D eigenvalue weighted by Crippen LogP contribution is -2.42. The van der Waals surface area contributed by atoms with Gasteiger partial charge < -0.3 is 4.90 Å². The topological polar surface area (TPSA) is 20.3 Å². The molecule has 0 heterocycles. The smallest absolute Gasteiger partial charge is 0.227 e. The molecular weight excluding hydrogens is 338 g/mol. The first-order valence-corrected chi connectivity index (χ1v) is 9.15. The van der Waals surface area contributed by atoms with Gasteiger partial charge in [-0.25, -0.2) is 0 Å². The van der Waals surface area contributed by atoms with E-state index in [1.165, 1.54) is 0 Å². The van der Waals surface area contributed by atoms with Crippen LogP contribution in [0.15, 0.2) is 28.7 Å². The van der Waals surface area contributed by atoms with E-state index in [0.29, 0.717) is 12.5 Å². The maximum atomic E-state index is 13.0. The lowest BCUT2D eigenvalue weighted by Gasteiger charge is -2.34. The Kier molecular flexibility index (Phi) is 7.61. The number of benzene rings is 1. The van der Waals surface area contributed by atoms with Crippen molar-refractivity contribution in [1.29, 1.82) is 0 Å². The summed E-state index contributed by atoms with van der Waals surface area (Å²) in [6, 6.07) is 8.40. The number of carbonyl (C=O) groups excluding carboxylic acids is 1. The van der Waals surface area contributed by atoms with Gasteiger partial charge in [0.15, 0.2) is 0 Å². The highest BCUT2D eigenvalue weighted by molar-refractivity contribution is 9.10. The molecule has 0 spiro atoms. The van der Waals surface area contributed by atoms with Crippen LogP contribution in [0, 0.1) is 5.41 Å². The van der Waals surface area contributed by atoms with Gasteiger partial charge in [-0.05, 0) is 36.5 Å². The van der Waals surface area contributed by atoms with Crippen LogP contribution in [-0.4, -0.2) is 11.9 Å². The second kappa shape index (κ2) is 8.71. The van der Waals surface area contributed by atoms with E-state index < -0.39 is 0 Å². The van der Waals surface area contributed by atoms with Crippen molar-refractivity contribution in [2.24, 2.45) is 5.41 Å². The number of halogens is 1. The zero-order valence-corrected chi connectivity index (χ0v) is 16.2. The minimum absolute atomic E-state index is 0.00429. The largest absolute Gasteiger partial charge is 0.309 e. The van der Waals surface area contributed by atoms with E-state index in [-0.39, 0.29) is 11.3 Å². The number of nitrogens with zero attached hydrogens (tertiary/aromatic N) is 1. The highest BCUT2D eigenvalue weighted by Gasteiger charge is 2.27. The third-order valence-corrected chi connectivity index (χ3v) is 4.14. The standard InChI is InChI=1S/C19H30BrNO/c1-6-9-16(10-7-2)21(18(22)14-19(3,4)5)17-12-8-11-15(20)13-17/h8,11-13,16H,6-7,9-10,14H2,1-5H3. The molecule has 3 heteroatoms. The first kappa shape index (κ1) is 19.2.